The molecule has 0 aliphatic rings. The first kappa shape index (κ1) is 8.50. The van der Waals surface area contributed by atoms with E-state index in [2.05, 4.69) is 0 Å². The van der Waals surface area contributed by atoms with Crippen LogP contribution >= 0.6 is 11.6 Å². The Morgan fingerprint density at radius 3 is 2.64 bits per heavy atom. The van der Waals surface area contributed by atoms with Crippen LogP contribution in [-0.2, 0) is 6.61 Å². The highest BCUT2D eigenvalue weighted by Crippen LogP contribution is 2.20. The van der Waals surface area contributed by atoms with Crippen LogP contribution in [0.3, 0.4) is 0 Å². The van der Waals surface area contributed by atoms with E-state index in [1.165, 1.54) is 6.07 Å². The third-order valence-corrected chi connectivity index (χ3v) is 1.88. The molecule has 3 heteroatoms. The number of hydrogen-bond donors (Lipinski definition) is 1. The van der Waals surface area contributed by atoms with E-state index in [0.29, 0.717) is 0 Å². The first-order valence-electron chi connectivity index (χ1n) is 3.21. The quantitative estimate of drug-likeness (QED) is 0.693. The van der Waals surface area contributed by atoms with Gasteiger partial charge in [0.1, 0.15) is 5.82 Å². The summed E-state index contributed by atoms with van der Waals surface area (Å²) in [6, 6.07) is 3.16. The van der Waals surface area contributed by atoms with E-state index in [-0.39, 0.29) is 17.2 Å². The van der Waals surface area contributed by atoms with Crippen molar-refractivity contribution >= 4 is 11.6 Å². The fraction of sp³-hybridized carbons (Fsp3) is 0.250. The molecule has 0 fully saturated rings. The van der Waals surface area contributed by atoms with Crippen LogP contribution in [0.25, 0.3) is 0 Å². The van der Waals surface area contributed by atoms with Crippen LogP contribution in [0, 0.1) is 12.7 Å². The lowest BCUT2D eigenvalue weighted by atomic mass is 10.1. The van der Waals surface area contributed by atoms with Gasteiger partial charge in [0, 0.05) is 5.56 Å². The summed E-state index contributed by atoms with van der Waals surface area (Å²) in [6.45, 7) is 1.42. The minimum absolute atomic E-state index is 0.0552. The zero-order chi connectivity index (χ0) is 8.43. The lowest BCUT2D eigenvalue weighted by molar-refractivity contribution is 0.275. The molecule has 0 aliphatic carbocycles. The Hall–Kier alpha value is -0.600. The molecule has 1 rings (SSSR count). The number of aliphatic hydroxyl groups excluding tert-OH is 1. The molecule has 0 spiro atoms. The second kappa shape index (κ2) is 3.20. The number of rotatable bonds is 1. The Labute approximate surface area is 69.4 Å². The maximum atomic E-state index is 13.0. The van der Waals surface area contributed by atoms with Gasteiger partial charge in [-0.25, -0.2) is 4.39 Å². The molecule has 1 aromatic rings. The number of aliphatic hydroxyl groups is 1. The van der Waals surface area contributed by atoms with Crippen LogP contribution in [0.15, 0.2) is 12.1 Å². The topological polar surface area (TPSA) is 20.2 Å². The average molecular weight is 175 g/mol. The second-order valence-electron chi connectivity index (χ2n) is 2.31. The molecule has 0 unspecified atom stereocenters. The van der Waals surface area contributed by atoms with E-state index in [1.807, 2.05) is 0 Å². The summed E-state index contributed by atoms with van der Waals surface area (Å²) in [5.41, 5.74) is 0.993. The molecule has 0 saturated heterocycles. The molecular weight excluding hydrogens is 167 g/mol. The van der Waals surface area contributed by atoms with Gasteiger partial charge in [-0.1, -0.05) is 17.7 Å². The molecule has 1 nitrogen and oxygen atoms in total. The zero-order valence-electron chi connectivity index (χ0n) is 6.06. The number of hydrogen-bond acceptors (Lipinski definition) is 1. The SMILES string of the molecule is Cc1ccc(Cl)c(F)c1CO. The molecule has 0 heterocycles. The summed E-state index contributed by atoms with van der Waals surface area (Å²) in [5, 5.41) is 8.78. The normalized spacial score (nSPS) is 10.2. The van der Waals surface area contributed by atoms with Crippen molar-refractivity contribution in [3.63, 3.8) is 0 Å². The summed E-state index contributed by atoms with van der Waals surface area (Å²) >= 11 is 5.48. The minimum Gasteiger partial charge on any atom is -0.392 e. The highest BCUT2D eigenvalue weighted by Gasteiger charge is 2.07. The number of benzene rings is 1. The predicted octanol–water partition coefficient (Wildman–Crippen LogP) is 2.28. The summed E-state index contributed by atoms with van der Waals surface area (Å²) in [5.74, 6) is -0.519. The van der Waals surface area contributed by atoms with Crippen molar-refractivity contribution in [3.05, 3.63) is 34.1 Å². The van der Waals surface area contributed by atoms with E-state index in [9.17, 15) is 4.39 Å². The van der Waals surface area contributed by atoms with E-state index in [0.717, 1.165) is 5.56 Å². The number of halogens is 2. The Kier molecular flexibility index (Phi) is 2.47. The first-order valence-corrected chi connectivity index (χ1v) is 3.59. The van der Waals surface area contributed by atoms with Gasteiger partial charge in [-0.3, -0.25) is 0 Å². The second-order valence-corrected chi connectivity index (χ2v) is 2.72. The van der Waals surface area contributed by atoms with Crippen molar-refractivity contribution in [3.8, 4) is 0 Å². The molecule has 0 saturated carbocycles. The van der Waals surface area contributed by atoms with Gasteiger partial charge in [-0.05, 0) is 18.6 Å². The highest BCUT2D eigenvalue weighted by atomic mass is 35.5. The standard InChI is InChI=1S/C8H8ClFO/c1-5-2-3-7(9)8(10)6(5)4-11/h2-3,11H,4H2,1H3. The molecule has 0 bridgehead atoms. The molecular formula is C8H8ClFO. The van der Waals surface area contributed by atoms with Gasteiger partial charge in [0.25, 0.3) is 0 Å². The van der Waals surface area contributed by atoms with Crippen LogP contribution in [0.2, 0.25) is 5.02 Å². The third kappa shape index (κ3) is 1.52. The molecule has 1 aromatic carbocycles. The summed E-state index contributed by atoms with van der Waals surface area (Å²) in [7, 11) is 0. The molecule has 0 radical (unpaired) electrons. The smallest absolute Gasteiger partial charge is 0.147 e. The fourth-order valence-electron chi connectivity index (χ4n) is 0.883. The number of aryl methyl sites for hydroxylation is 1. The summed E-state index contributed by atoms with van der Waals surface area (Å²) < 4.78 is 13.0. The van der Waals surface area contributed by atoms with E-state index in [4.69, 9.17) is 16.7 Å². The summed E-state index contributed by atoms with van der Waals surface area (Å²) in [6.07, 6.45) is 0. The Morgan fingerprint density at radius 2 is 2.18 bits per heavy atom. The molecule has 1 N–H and O–H groups in total. The molecule has 11 heavy (non-hydrogen) atoms. The Bertz CT molecular complexity index is 273. The lowest BCUT2D eigenvalue weighted by Crippen LogP contribution is -1.94. The molecule has 0 atom stereocenters. The zero-order valence-corrected chi connectivity index (χ0v) is 6.82. The highest BCUT2D eigenvalue weighted by molar-refractivity contribution is 6.30. The van der Waals surface area contributed by atoms with Crippen LogP contribution < -0.4 is 0 Å². The third-order valence-electron chi connectivity index (χ3n) is 1.59. The van der Waals surface area contributed by atoms with Crippen LogP contribution in [0.4, 0.5) is 4.39 Å². The minimum atomic E-state index is -0.519. The van der Waals surface area contributed by atoms with Crippen LogP contribution in [0.1, 0.15) is 11.1 Å². The first-order chi connectivity index (χ1) is 5.16. The predicted molar refractivity (Wildman–Crippen MR) is 42.1 cm³/mol. The fourth-order valence-corrected chi connectivity index (χ4v) is 1.06. The molecule has 0 aromatic heterocycles. The maximum absolute atomic E-state index is 13.0. The van der Waals surface area contributed by atoms with Crippen molar-refractivity contribution in [2.24, 2.45) is 0 Å². The average Bonchev–Trinajstić information content (AvgIpc) is 1.99. The van der Waals surface area contributed by atoms with Crippen molar-refractivity contribution in [1.82, 2.24) is 0 Å². The van der Waals surface area contributed by atoms with Gasteiger partial charge in [0.2, 0.25) is 0 Å². The molecule has 0 aliphatic heterocycles. The van der Waals surface area contributed by atoms with Crippen molar-refractivity contribution < 1.29 is 9.50 Å². The lowest BCUT2D eigenvalue weighted by Gasteiger charge is -2.04. The summed E-state index contributed by atoms with van der Waals surface area (Å²) in [4.78, 5) is 0. The van der Waals surface area contributed by atoms with E-state index < -0.39 is 5.82 Å². The van der Waals surface area contributed by atoms with Gasteiger partial charge in [0.15, 0.2) is 0 Å². The Balaban J connectivity index is 3.29. The van der Waals surface area contributed by atoms with Gasteiger partial charge in [0.05, 0.1) is 11.6 Å². The molecule has 0 amide bonds. The van der Waals surface area contributed by atoms with E-state index in [1.54, 1.807) is 13.0 Å². The van der Waals surface area contributed by atoms with Crippen molar-refractivity contribution in [2.75, 3.05) is 0 Å². The van der Waals surface area contributed by atoms with Crippen molar-refractivity contribution in [1.29, 1.82) is 0 Å². The largest absolute Gasteiger partial charge is 0.392 e. The van der Waals surface area contributed by atoms with Gasteiger partial charge in [-0.15, -0.1) is 0 Å². The van der Waals surface area contributed by atoms with Gasteiger partial charge >= 0.3 is 0 Å². The van der Waals surface area contributed by atoms with Crippen LogP contribution in [0.5, 0.6) is 0 Å². The molecule has 60 valence electrons. The van der Waals surface area contributed by atoms with Gasteiger partial charge in [-0.2, -0.15) is 0 Å². The Morgan fingerprint density at radius 1 is 1.55 bits per heavy atom. The van der Waals surface area contributed by atoms with Crippen molar-refractivity contribution in [2.45, 2.75) is 13.5 Å². The monoisotopic (exact) mass is 174 g/mol. The van der Waals surface area contributed by atoms with Crippen LogP contribution in [-0.4, -0.2) is 5.11 Å². The maximum Gasteiger partial charge on any atom is 0.147 e. The van der Waals surface area contributed by atoms with E-state index >= 15 is 0 Å². The van der Waals surface area contributed by atoms with Gasteiger partial charge < -0.3 is 5.11 Å².